The summed E-state index contributed by atoms with van der Waals surface area (Å²) in [5, 5.41) is 42.0. The molecule has 15 heteroatoms. The fourth-order valence-electron chi connectivity index (χ4n) is 4.94. The molecule has 0 amide bonds. The van der Waals surface area contributed by atoms with Crippen molar-refractivity contribution in [3.05, 3.63) is 0 Å². The molecular formula is C21H43N5O10. The molecule has 3 fully saturated rings. The number of rotatable bonds is 11. The fraction of sp³-hybridized carbons (Fsp3) is 1.00. The highest BCUT2D eigenvalue weighted by Crippen LogP contribution is 2.33. The van der Waals surface area contributed by atoms with Crippen molar-refractivity contribution in [2.24, 2.45) is 28.7 Å². The van der Waals surface area contributed by atoms with Crippen molar-refractivity contribution < 1.29 is 48.8 Å². The Morgan fingerprint density at radius 2 is 1.42 bits per heavy atom. The minimum absolute atomic E-state index is 0.0350. The van der Waals surface area contributed by atoms with Gasteiger partial charge in [0.05, 0.1) is 25.4 Å². The van der Waals surface area contributed by atoms with Gasteiger partial charge in [0.2, 0.25) is 0 Å². The Morgan fingerprint density at radius 1 is 0.778 bits per heavy atom. The summed E-state index contributed by atoms with van der Waals surface area (Å²) < 4.78 is 34.7. The lowest BCUT2D eigenvalue weighted by Crippen LogP contribution is -2.68. The minimum Gasteiger partial charge on any atom is -0.394 e. The van der Waals surface area contributed by atoms with Crippen molar-refractivity contribution in [1.29, 1.82) is 0 Å². The van der Waals surface area contributed by atoms with E-state index in [0.717, 1.165) is 0 Å². The van der Waals surface area contributed by atoms with Crippen molar-refractivity contribution in [3.8, 4) is 0 Å². The molecule has 1 aliphatic carbocycles. The van der Waals surface area contributed by atoms with Crippen LogP contribution in [0.15, 0.2) is 0 Å². The van der Waals surface area contributed by atoms with Gasteiger partial charge >= 0.3 is 0 Å². The second-order valence-corrected chi connectivity index (χ2v) is 9.36. The van der Waals surface area contributed by atoms with Crippen molar-refractivity contribution >= 4 is 0 Å². The Bertz CT molecular complexity index is 669. The van der Waals surface area contributed by atoms with Crippen LogP contribution in [0.3, 0.4) is 0 Å². The minimum atomic E-state index is -1.31. The molecule has 0 bridgehead atoms. The second-order valence-electron chi connectivity index (χ2n) is 9.36. The first-order valence-electron chi connectivity index (χ1n) is 12.3. The maximum Gasteiger partial charge on any atom is 0.187 e. The van der Waals surface area contributed by atoms with E-state index in [4.69, 9.17) is 57.1 Å². The van der Waals surface area contributed by atoms with Crippen LogP contribution in [0.5, 0.6) is 0 Å². The van der Waals surface area contributed by atoms with E-state index in [1.54, 1.807) is 6.92 Å². The van der Waals surface area contributed by atoms with Gasteiger partial charge in [0.1, 0.15) is 48.8 Å². The van der Waals surface area contributed by atoms with E-state index in [0.29, 0.717) is 6.61 Å². The predicted octanol–water partition coefficient (Wildman–Crippen LogP) is -5.63. The largest absolute Gasteiger partial charge is 0.394 e. The molecule has 0 aromatic heterocycles. The molecule has 0 spiro atoms. The molecule has 2 aliphatic heterocycles. The molecule has 3 rings (SSSR count). The zero-order valence-electron chi connectivity index (χ0n) is 20.5. The van der Waals surface area contributed by atoms with E-state index < -0.39 is 92.2 Å². The third kappa shape index (κ3) is 6.33. The predicted molar refractivity (Wildman–Crippen MR) is 124 cm³/mol. The lowest BCUT2D eigenvalue weighted by atomic mass is 9.84. The number of nitrogens with two attached hydrogens (primary N) is 5. The van der Waals surface area contributed by atoms with Gasteiger partial charge in [-0.2, -0.15) is 0 Å². The van der Waals surface area contributed by atoms with Crippen LogP contribution >= 0.6 is 0 Å². The van der Waals surface area contributed by atoms with E-state index in [9.17, 15) is 20.4 Å². The summed E-state index contributed by atoms with van der Waals surface area (Å²) in [5.41, 5.74) is 29.9. The zero-order valence-corrected chi connectivity index (χ0v) is 20.5. The SMILES string of the molecule is CCO[C@@H]1C(CN)O[C@H](O[C@@H]2C(N)C[C@@H](N)C(O)[C@H]2O[C@@H]2O[C@H](CO)[C@H](OCCN)C2O)C(N)[C@H]1O. The number of hydrogen-bond acceptors (Lipinski definition) is 15. The van der Waals surface area contributed by atoms with E-state index in [-0.39, 0.29) is 26.1 Å². The summed E-state index contributed by atoms with van der Waals surface area (Å²) in [6.45, 7) is 2.02. The monoisotopic (exact) mass is 525 g/mol. The van der Waals surface area contributed by atoms with Gasteiger partial charge in [0.15, 0.2) is 12.6 Å². The van der Waals surface area contributed by atoms with Gasteiger partial charge in [-0.25, -0.2) is 0 Å². The molecule has 0 aromatic rings. The lowest BCUT2D eigenvalue weighted by molar-refractivity contribution is -0.309. The zero-order chi connectivity index (χ0) is 26.6. The van der Waals surface area contributed by atoms with Crippen LogP contribution in [0.1, 0.15) is 13.3 Å². The van der Waals surface area contributed by atoms with E-state index in [1.165, 1.54) is 0 Å². The fourth-order valence-corrected chi connectivity index (χ4v) is 4.94. The van der Waals surface area contributed by atoms with Gasteiger partial charge < -0.3 is 77.5 Å². The first kappa shape index (κ1) is 29.9. The Morgan fingerprint density at radius 3 is 2.03 bits per heavy atom. The van der Waals surface area contributed by atoms with Gasteiger partial charge in [-0.1, -0.05) is 0 Å². The molecule has 3 aliphatic rings. The molecule has 5 unspecified atom stereocenters. The van der Waals surface area contributed by atoms with Crippen LogP contribution in [-0.4, -0.2) is 139 Å². The summed E-state index contributed by atoms with van der Waals surface area (Å²) >= 11 is 0. The molecular weight excluding hydrogens is 482 g/mol. The number of ether oxygens (including phenoxy) is 6. The summed E-state index contributed by atoms with van der Waals surface area (Å²) in [5.74, 6) is 0. The van der Waals surface area contributed by atoms with Gasteiger partial charge in [-0.3, -0.25) is 0 Å². The molecule has 2 saturated heterocycles. The van der Waals surface area contributed by atoms with Crippen LogP contribution in [0.2, 0.25) is 0 Å². The summed E-state index contributed by atoms with van der Waals surface area (Å²) in [4.78, 5) is 0. The molecule has 0 radical (unpaired) electrons. The maximum atomic E-state index is 10.9. The van der Waals surface area contributed by atoms with E-state index in [2.05, 4.69) is 0 Å². The first-order valence-corrected chi connectivity index (χ1v) is 12.3. The summed E-state index contributed by atoms with van der Waals surface area (Å²) in [6, 6.07) is -2.50. The van der Waals surface area contributed by atoms with E-state index >= 15 is 0 Å². The first-order chi connectivity index (χ1) is 17.2. The second kappa shape index (κ2) is 13.5. The highest BCUT2D eigenvalue weighted by atomic mass is 16.7. The molecule has 2 heterocycles. The maximum absolute atomic E-state index is 10.9. The number of aliphatic hydroxyl groups is 4. The van der Waals surface area contributed by atoms with Crippen LogP contribution in [0.25, 0.3) is 0 Å². The molecule has 14 N–H and O–H groups in total. The highest BCUT2D eigenvalue weighted by Gasteiger charge is 2.52. The van der Waals surface area contributed by atoms with Crippen LogP contribution in [-0.2, 0) is 28.4 Å². The molecule has 15 nitrogen and oxygen atoms in total. The van der Waals surface area contributed by atoms with Gasteiger partial charge in [-0.15, -0.1) is 0 Å². The lowest BCUT2D eigenvalue weighted by Gasteiger charge is -2.47. The van der Waals surface area contributed by atoms with Gasteiger partial charge in [0, 0.05) is 31.8 Å². The molecule has 36 heavy (non-hydrogen) atoms. The van der Waals surface area contributed by atoms with Crippen LogP contribution < -0.4 is 28.7 Å². The summed E-state index contributed by atoms with van der Waals surface area (Å²) in [6.07, 6.45) is -11.4. The molecule has 14 atom stereocenters. The standard InChI is InChI=1S/C21H43N5O10/c1-2-31-17-10(6-23)33-20(12(26)14(17)29)35-16-9(25)5-8(24)13(28)19(16)36-21-15(30)18(32-4-3-22)11(7-27)34-21/h8-21,27-30H,2-7,22-26H2,1H3/t8-,9?,10?,11-,12?,13?,14-,15?,16-,17-,18+,19-,20-,21+/m1/s1. The Labute approximate surface area is 210 Å². The normalized spacial score (nSPS) is 47.8. The van der Waals surface area contributed by atoms with Crippen molar-refractivity contribution in [2.75, 3.05) is 32.9 Å². The highest BCUT2D eigenvalue weighted by molar-refractivity contribution is 5.01. The smallest absolute Gasteiger partial charge is 0.187 e. The Balaban J connectivity index is 1.77. The van der Waals surface area contributed by atoms with Gasteiger partial charge in [-0.05, 0) is 13.3 Å². The average Bonchev–Trinajstić information content (AvgIpc) is 3.16. The quantitative estimate of drug-likeness (QED) is 0.122. The molecule has 212 valence electrons. The van der Waals surface area contributed by atoms with E-state index in [1.807, 2.05) is 0 Å². The van der Waals surface area contributed by atoms with Crippen molar-refractivity contribution in [2.45, 2.75) is 99.0 Å². The molecule has 0 aromatic carbocycles. The third-order valence-corrected chi connectivity index (χ3v) is 6.86. The number of aliphatic hydroxyl groups excluding tert-OH is 4. The van der Waals surface area contributed by atoms with Crippen LogP contribution in [0, 0.1) is 0 Å². The van der Waals surface area contributed by atoms with Crippen molar-refractivity contribution in [1.82, 2.24) is 0 Å². The average molecular weight is 526 g/mol. The number of hydrogen-bond donors (Lipinski definition) is 9. The third-order valence-electron chi connectivity index (χ3n) is 6.86. The Hall–Kier alpha value is -0.600. The van der Waals surface area contributed by atoms with Gasteiger partial charge in [0.25, 0.3) is 0 Å². The van der Waals surface area contributed by atoms with Crippen molar-refractivity contribution in [3.63, 3.8) is 0 Å². The topological polar surface area (TPSA) is 266 Å². The molecule has 1 saturated carbocycles. The summed E-state index contributed by atoms with van der Waals surface area (Å²) in [7, 11) is 0. The van der Waals surface area contributed by atoms with Crippen LogP contribution in [0.4, 0.5) is 0 Å². The Kier molecular flexibility index (Phi) is 11.2.